The van der Waals surface area contributed by atoms with Crippen molar-refractivity contribution in [2.75, 3.05) is 25.6 Å². The number of benzene rings is 1. The van der Waals surface area contributed by atoms with Crippen molar-refractivity contribution >= 4 is 23.5 Å². The third-order valence-electron chi connectivity index (χ3n) is 8.00. The second kappa shape index (κ2) is 8.41. The first-order valence-corrected chi connectivity index (χ1v) is 11.9. The summed E-state index contributed by atoms with van der Waals surface area (Å²) in [5.41, 5.74) is 0.259. The lowest BCUT2D eigenvalue weighted by Gasteiger charge is -2.56. The number of methoxy groups -OCH3 is 1. The van der Waals surface area contributed by atoms with E-state index in [1.165, 1.54) is 26.4 Å². The van der Waals surface area contributed by atoms with Gasteiger partial charge >= 0.3 is 5.97 Å². The summed E-state index contributed by atoms with van der Waals surface area (Å²) in [7, 11) is 1.53. The smallest absolute Gasteiger partial charge is 0.329 e. The second-order valence-corrected chi connectivity index (χ2v) is 10.2. The Balaban J connectivity index is 1.20. The number of esters is 1. The third kappa shape index (κ3) is 3.86. The predicted molar refractivity (Wildman–Crippen MR) is 118 cm³/mol. The Labute approximate surface area is 188 Å². The molecule has 2 amide bonds. The van der Waals surface area contributed by atoms with Crippen LogP contribution in [0.25, 0.3) is 0 Å². The molecule has 0 spiro atoms. The maximum Gasteiger partial charge on any atom is 0.329 e. The van der Waals surface area contributed by atoms with Gasteiger partial charge in [-0.3, -0.25) is 9.59 Å². The summed E-state index contributed by atoms with van der Waals surface area (Å²) in [5, 5.41) is 2.71. The Kier molecular flexibility index (Phi) is 5.59. The van der Waals surface area contributed by atoms with Crippen LogP contribution in [0.5, 0.6) is 5.75 Å². The lowest BCUT2D eigenvalue weighted by atomic mass is 9.49. The van der Waals surface area contributed by atoms with Crippen LogP contribution < -0.4 is 10.1 Å². The van der Waals surface area contributed by atoms with Gasteiger partial charge < -0.3 is 19.7 Å². The van der Waals surface area contributed by atoms with Crippen LogP contribution in [0, 0.1) is 23.2 Å². The van der Waals surface area contributed by atoms with Crippen LogP contribution in [0.4, 0.5) is 5.69 Å². The van der Waals surface area contributed by atoms with Crippen LogP contribution in [0.3, 0.4) is 0 Å². The Hall–Kier alpha value is -2.57. The fraction of sp³-hybridized carbons (Fsp3) is 0.640. The highest BCUT2D eigenvalue weighted by Crippen LogP contribution is 2.60. The lowest BCUT2D eigenvalue weighted by molar-refractivity contribution is -0.165. The molecule has 1 aromatic rings. The summed E-state index contributed by atoms with van der Waals surface area (Å²) in [6.07, 6.45) is 8.18. The van der Waals surface area contributed by atoms with Crippen molar-refractivity contribution in [2.45, 2.75) is 57.4 Å². The Morgan fingerprint density at radius 1 is 1.06 bits per heavy atom. The van der Waals surface area contributed by atoms with Gasteiger partial charge in [-0.25, -0.2) is 4.79 Å². The lowest BCUT2D eigenvalue weighted by Crippen LogP contribution is -2.56. The first-order valence-electron chi connectivity index (χ1n) is 11.9. The molecule has 6 rings (SSSR count). The number of rotatable bonds is 6. The SMILES string of the molecule is COc1ccccc1NC(=O)COC(=O)C1CCCN1C(=O)C12CC3CC(CC(C3)C1)C2. The van der Waals surface area contributed by atoms with E-state index < -0.39 is 17.9 Å². The van der Waals surface area contributed by atoms with E-state index in [9.17, 15) is 14.4 Å². The molecule has 172 valence electrons. The molecular formula is C25H32N2O5. The largest absolute Gasteiger partial charge is 0.495 e. The van der Waals surface area contributed by atoms with Crippen molar-refractivity contribution in [3.63, 3.8) is 0 Å². The van der Waals surface area contributed by atoms with E-state index in [2.05, 4.69) is 5.32 Å². The average molecular weight is 441 g/mol. The van der Waals surface area contributed by atoms with Gasteiger partial charge in [0.05, 0.1) is 18.2 Å². The van der Waals surface area contributed by atoms with Gasteiger partial charge in [0.1, 0.15) is 11.8 Å². The van der Waals surface area contributed by atoms with E-state index in [-0.39, 0.29) is 17.9 Å². The van der Waals surface area contributed by atoms with Crippen molar-refractivity contribution in [2.24, 2.45) is 23.2 Å². The summed E-state index contributed by atoms with van der Waals surface area (Å²) < 4.78 is 10.6. The van der Waals surface area contributed by atoms with E-state index in [1.54, 1.807) is 23.1 Å². The number of hydrogen-bond acceptors (Lipinski definition) is 5. The molecule has 0 radical (unpaired) electrons. The fourth-order valence-corrected chi connectivity index (χ4v) is 7.10. The van der Waals surface area contributed by atoms with Gasteiger partial charge in [0.15, 0.2) is 6.61 Å². The molecule has 1 unspecified atom stereocenters. The van der Waals surface area contributed by atoms with Gasteiger partial charge in [-0.05, 0) is 81.3 Å². The van der Waals surface area contributed by atoms with Crippen LogP contribution in [-0.4, -0.2) is 49.0 Å². The number of likely N-dealkylation sites (tertiary alicyclic amines) is 1. The molecule has 4 bridgehead atoms. The number of carbonyl (C=O) groups excluding carboxylic acids is 3. The molecule has 7 nitrogen and oxygen atoms in total. The van der Waals surface area contributed by atoms with Crippen LogP contribution >= 0.6 is 0 Å². The number of nitrogens with one attached hydrogen (secondary N) is 1. The number of anilines is 1. The molecule has 1 saturated heterocycles. The van der Waals surface area contributed by atoms with E-state index in [4.69, 9.17) is 9.47 Å². The maximum atomic E-state index is 13.7. The van der Waals surface area contributed by atoms with Gasteiger partial charge in [0.25, 0.3) is 5.91 Å². The Bertz CT molecular complexity index is 878. The van der Waals surface area contributed by atoms with Gasteiger partial charge in [0, 0.05) is 6.54 Å². The first-order chi connectivity index (χ1) is 15.5. The average Bonchev–Trinajstić information content (AvgIpc) is 3.26. The molecule has 7 heteroatoms. The molecule has 1 heterocycles. The van der Waals surface area contributed by atoms with Crippen molar-refractivity contribution in [3.05, 3.63) is 24.3 Å². The molecule has 5 fully saturated rings. The minimum Gasteiger partial charge on any atom is -0.495 e. The Morgan fingerprint density at radius 3 is 2.38 bits per heavy atom. The summed E-state index contributed by atoms with van der Waals surface area (Å²) in [5.74, 6) is 1.83. The predicted octanol–water partition coefficient (Wildman–Crippen LogP) is 3.38. The zero-order valence-electron chi connectivity index (χ0n) is 18.7. The molecule has 5 aliphatic rings. The molecule has 1 N–H and O–H groups in total. The molecule has 0 aromatic heterocycles. The fourth-order valence-electron chi connectivity index (χ4n) is 7.10. The molecule has 32 heavy (non-hydrogen) atoms. The Morgan fingerprint density at radius 2 is 1.72 bits per heavy atom. The monoisotopic (exact) mass is 440 g/mol. The van der Waals surface area contributed by atoms with Crippen LogP contribution in [-0.2, 0) is 19.1 Å². The maximum absolute atomic E-state index is 13.7. The summed E-state index contributed by atoms with van der Waals surface area (Å²) >= 11 is 0. The van der Waals surface area contributed by atoms with Crippen molar-refractivity contribution in [1.29, 1.82) is 0 Å². The van der Waals surface area contributed by atoms with E-state index in [0.29, 0.717) is 42.2 Å². The highest BCUT2D eigenvalue weighted by atomic mass is 16.5. The zero-order valence-corrected chi connectivity index (χ0v) is 18.7. The van der Waals surface area contributed by atoms with E-state index in [0.717, 1.165) is 25.7 Å². The quantitative estimate of drug-likeness (QED) is 0.686. The molecule has 1 aliphatic heterocycles. The summed E-state index contributed by atoms with van der Waals surface area (Å²) in [6.45, 7) is 0.223. The molecule has 4 saturated carbocycles. The second-order valence-electron chi connectivity index (χ2n) is 10.2. The van der Waals surface area contributed by atoms with Crippen LogP contribution in [0.1, 0.15) is 51.4 Å². The zero-order chi connectivity index (χ0) is 22.3. The minimum atomic E-state index is -0.574. The van der Waals surface area contributed by atoms with Crippen molar-refractivity contribution in [1.82, 2.24) is 4.90 Å². The molecule has 1 aromatic carbocycles. The molecule has 4 aliphatic carbocycles. The van der Waals surface area contributed by atoms with Crippen molar-refractivity contribution < 1.29 is 23.9 Å². The standard InChI is InChI=1S/C25H32N2O5/c1-31-21-7-3-2-5-19(21)26-22(28)15-32-23(29)20-6-4-8-27(20)24(30)25-12-16-9-17(13-25)11-18(10-16)14-25/h2-3,5,7,16-18,20H,4,6,8-15H2,1H3,(H,26,28). The number of amides is 2. The summed E-state index contributed by atoms with van der Waals surface area (Å²) in [4.78, 5) is 40.6. The number of carbonyl (C=O) groups is 3. The van der Waals surface area contributed by atoms with Crippen LogP contribution in [0.15, 0.2) is 24.3 Å². The number of para-hydroxylation sites is 2. The van der Waals surface area contributed by atoms with E-state index in [1.807, 2.05) is 6.07 Å². The van der Waals surface area contributed by atoms with Gasteiger partial charge in [-0.2, -0.15) is 0 Å². The topological polar surface area (TPSA) is 84.9 Å². The van der Waals surface area contributed by atoms with E-state index >= 15 is 0 Å². The third-order valence-corrected chi connectivity index (χ3v) is 8.00. The van der Waals surface area contributed by atoms with Gasteiger partial charge in [-0.15, -0.1) is 0 Å². The molecule has 1 atom stereocenters. The normalized spacial score (nSPS) is 32.6. The number of nitrogens with zero attached hydrogens (tertiary/aromatic N) is 1. The summed E-state index contributed by atoms with van der Waals surface area (Å²) in [6, 6.07) is 6.49. The van der Waals surface area contributed by atoms with Crippen LogP contribution in [0.2, 0.25) is 0 Å². The molecular weight excluding hydrogens is 408 g/mol. The van der Waals surface area contributed by atoms with Crippen molar-refractivity contribution in [3.8, 4) is 5.75 Å². The minimum absolute atomic E-state index is 0.162. The van der Waals surface area contributed by atoms with Gasteiger partial charge in [0.2, 0.25) is 5.91 Å². The highest BCUT2D eigenvalue weighted by molar-refractivity contribution is 5.95. The number of hydrogen-bond donors (Lipinski definition) is 1. The number of ether oxygens (including phenoxy) is 2. The van der Waals surface area contributed by atoms with Gasteiger partial charge in [-0.1, -0.05) is 12.1 Å². The highest BCUT2D eigenvalue weighted by Gasteiger charge is 2.57. The first kappa shape index (κ1) is 21.3.